The van der Waals surface area contributed by atoms with Gasteiger partial charge in [-0.3, -0.25) is 4.79 Å². The molecule has 1 heterocycles. The van der Waals surface area contributed by atoms with Gasteiger partial charge in [0.05, 0.1) is 17.0 Å². The summed E-state index contributed by atoms with van der Waals surface area (Å²) in [4.78, 5) is 11.8. The maximum atomic E-state index is 11.8. The van der Waals surface area contributed by atoms with Crippen LogP contribution in [0.4, 0.5) is 0 Å². The predicted molar refractivity (Wildman–Crippen MR) is 67.3 cm³/mol. The summed E-state index contributed by atoms with van der Waals surface area (Å²) in [5.41, 5.74) is 5.02. The molecule has 0 aliphatic carbocycles. The Kier molecular flexibility index (Phi) is 4.55. The monoisotopic (exact) mass is 262 g/mol. The molecular weight excluding hydrogens is 240 g/mol. The predicted octanol–water partition coefficient (Wildman–Crippen LogP) is 0.0548. The molecule has 2 atom stereocenters. The lowest BCUT2D eigenvalue weighted by Gasteiger charge is -2.23. The fourth-order valence-corrected chi connectivity index (χ4v) is 3.97. The lowest BCUT2D eigenvalue weighted by atomic mass is 9.96. The molecule has 0 bridgehead atoms. The molecule has 1 aliphatic heterocycles. The van der Waals surface area contributed by atoms with Crippen LogP contribution in [-0.4, -0.2) is 37.9 Å². The average molecular weight is 262 g/mol. The first kappa shape index (κ1) is 14.4. The van der Waals surface area contributed by atoms with Crippen molar-refractivity contribution in [3.05, 3.63) is 0 Å². The van der Waals surface area contributed by atoms with Crippen LogP contribution in [0.3, 0.4) is 0 Å². The Balaban J connectivity index is 2.39. The number of sulfone groups is 1. The van der Waals surface area contributed by atoms with Gasteiger partial charge in [0.25, 0.3) is 0 Å². The standard InChI is InChI=1S/C11H22N2O3S/c1-3-5-11(2,12)10(14)13-7-9-4-6-17(15,16)8-9/h9H,3-8,12H2,1-2H3,(H,13,14). The largest absolute Gasteiger partial charge is 0.354 e. The van der Waals surface area contributed by atoms with Crippen molar-refractivity contribution in [3.8, 4) is 0 Å². The lowest BCUT2D eigenvalue weighted by molar-refractivity contribution is -0.126. The molecule has 1 rings (SSSR count). The molecule has 1 saturated heterocycles. The zero-order valence-corrected chi connectivity index (χ0v) is 11.3. The van der Waals surface area contributed by atoms with Crippen molar-refractivity contribution in [2.45, 2.75) is 38.6 Å². The van der Waals surface area contributed by atoms with Crippen LogP contribution in [0, 0.1) is 5.92 Å². The number of carbonyl (C=O) groups excluding carboxylic acids is 1. The Morgan fingerprint density at radius 3 is 2.65 bits per heavy atom. The molecular formula is C11H22N2O3S. The highest BCUT2D eigenvalue weighted by Crippen LogP contribution is 2.17. The minimum atomic E-state index is -2.87. The van der Waals surface area contributed by atoms with E-state index >= 15 is 0 Å². The van der Waals surface area contributed by atoms with E-state index in [1.165, 1.54) is 0 Å². The summed E-state index contributed by atoms with van der Waals surface area (Å²) in [6.45, 7) is 4.09. The van der Waals surface area contributed by atoms with E-state index in [2.05, 4.69) is 5.32 Å². The number of rotatable bonds is 5. The van der Waals surface area contributed by atoms with Crippen molar-refractivity contribution in [1.29, 1.82) is 0 Å². The quantitative estimate of drug-likeness (QED) is 0.733. The topological polar surface area (TPSA) is 89.3 Å². The van der Waals surface area contributed by atoms with Gasteiger partial charge in [-0.2, -0.15) is 0 Å². The molecule has 0 aromatic carbocycles. The normalized spacial score (nSPS) is 26.4. The van der Waals surface area contributed by atoms with E-state index in [9.17, 15) is 13.2 Å². The Bertz CT molecular complexity index is 376. The van der Waals surface area contributed by atoms with Gasteiger partial charge in [-0.05, 0) is 25.7 Å². The number of amides is 1. The summed E-state index contributed by atoms with van der Waals surface area (Å²) in [7, 11) is -2.87. The Morgan fingerprint density at radius 2 is 2.18 bits per heavy atom. The molecule has 5 nitrogen and oxygen atoms in total. The van der Waals surface area contributed by atoms with Crippen LogP contribution in [0.2, 0.25) is 0 Å². The molecule has 2 unspecified atom stereocenters. The van der Waals surface area contributed by atoms with Gasteiger partial charge in [-0.25, -0.2) is 8.42 Å². The van der Waals surface area contributed by atoms with E-state index in [1.54, 1.807) is 6.92 Å². The van der Waals surface area contributed by atoms with E-state index in [1.807, 2.05) is 6.92 Å². The summed E-state index contributed by atoms with van der Waals surface area (Å²) < 4.78 is 22.5. The van der Waals surface area contributed by atoms with E-state index < -0.39 is 15.4 Å². The highest BCUT2D eigenvalue weighted by Gasteiger charge is 2.31. The number of nitrogens with one attached hydrogen (secondary N) is 1. The van der Waals surface area contributed by atoms with Crippen LogP contribution in [0.15, 0.2) is 0 Å². The highest BCUT2D eigenvalue weighted by molar-refractivity contribution is 7.91. The van der Waals surface area contributed by atoms with Gasteiger partial charge < -0.3 is 11.1 Å². The molecule has 0 spiro atoms. The molecule has 1 fully saturated rings. The third kappa shape index (κ3) is 4.27. The molecule has 1 amide bonds. The molecule has 1 aliphatic rings. The maximum absolute atomic E-state index is 11.8. The van der Waals surface area contributed by atoms with E-state index in [4.69, 9.17) is 5.73 Å². The number of carbonyl (C=O) groups is 1. The second kappa shape index (κ2) is 5.35. The van der Waals surface area contributed by atoms with E-state index in [-0.39, 0.29) is 23.3 Å². The average Bonchev–Trinajstić information content (AvgIpc) is 2.54. The second-order valence-corrected chi connectivity index (χ2v) is 7.38. The minimum Gasteiger partial charge on any atom is -0.354 e. The first-order valence-corrected chi connectivity index (χ1v) is 7.86. The molecule has 0 aromatic heterocycles. The van der Waals surface area contributed by atoms with Crippen molar-refractivity contribution >= 4 is 15.7 Å². The summed E-state index contributed by atoms with van der Waals surface area (Å²) in [5, 5.41) is 2.76. The van der Waals surface area contributed by atoms with Crippen molar-refractivity contribution in [2.75, 3.05) is 18.1 Å². The molecule has 0 aromatic rings. The minimum absolute atomic E-state index is 0.0429. The fourth-order valence-electron chi connectivity index (χ4n) is 2.10. The van der Waals surface area contributed by atoms with Crippen molar-refractivity contribution in [2.24, 2.45) is 11.7 Å². The van der Waals surface area contributed by atoms with Gasteiger partial charge in [0.1, 0.15) is 0 Å². The van der Waals surface area contributed by atoms with Crippen molar-refractivity contribution < 1.29 is 13.2 Å². The molecule has 17 heavy (non-hydrogen) atoms. The van der Waals surface area contributed by atoms with Crippen LogP contribution in [0.5, 0.6) is 0 Å². The first-order valence-electron chi connectivity index (χ1n) is 6.04. The zero-order valence-electron chi connectivity index (χ0n) is 10.5. The highest BCUT2D eigenvalue weighted by atomic mass is 32.2. The van der Waals surface area contributed by atoms with Gasteiger partial charge >= 0.3 is 0 Å². The fraction of sp³-hybridized carbons (Fsp3) is 0.909. The Morgan fingerprint density at radius 1 is 1.53 bits per heavy atom. The summed E-state index contributed by atoms with van der Waals surface area (Å²) in [6, 6.07) is 0. The van der Waals surface area contributed by atoms with E-state index in [0.717, 1.165) is 6.42 Å². The van der Waals surface area contributed by atoms with Gasteiger partial charge in [0.15, 0.2) is 9.84 Å². The summed E-state index contributed by atoms with van der Waals surface area (Å²) in [6.07, 6.45) is 2.11. The third-order valence-electron chi connectivity index (χ3n) is 3.17. The molecule has 100 valence electrons. The van der Waals surface area contributed by atoms with Gasteiger partial charge in [0.2, 0.25) is 5.91 Å². The van der Waals surface area contributed by atoms with Crippen LogP contribution in [-0.2, 0) is 14.6 Å². The third-order valence-corrected chi connectivity index (χ3v) is 5.00. The lowest BCUT2D eigenvalue weighted by Crippen LogP contribution is -2.52. The zero-order chi connectivity index (χ0) is 13.1. The number of hydrogen-bond donors (Lipinski definition) is 2. The number of nitrogens with two attached hydrogens (primary N) is 1. The van der Waals surface area contributed by atoms with Gasteiger partial charge in [0, 0.05) is 6.54 Å². The Hall–Kier alpha value is -0.620. The molecule has 0 radical (unpaired) electrons. The van der Waals surface area contributed by atoms with Crippen LogP contribution in [0.1, 0.15) is 33.1 Å². The molecule has 6 heteroatoms. The van der Waals surface area contributed by atoms with Crippen molar-refractivity contribution in [1.82, 2.24) is 5.32 Å². The first-order chi connectivity index (χ1) is 7.77. The van der Waals surface area contributed by atoms with Crippen LogP contribution < -0.4 is 11.1 Å². The number of hydrogen-bond acceptors (Lipinski definition) is 4. The SMILES string of the molecule is CCCC(C)(N)C(=O)NCC1CCS(=O)(=O)C1. The van der Waals surface area contributed by atoms with E-state index in [0.29, 0.717) is 19.4 Å². The van der Waals surface area contributed by atoms with Crippen molar-refractivity contribution in [3.63, 3.8) is 0 Å². The summed E-state index contributed by atoms with van der Waals surface area (Å²) >= 11 is 0. The second-order valence-electron chi connectivity index (χ2n) is 5.15. The van der Waals surface area contributed by atoms with Crippen LogP contribution >= 0.6 is 0 Å². The van der Waals surface area contributed by atoms with Crippen LogP contribution in [0.25, 0.3) is 0 Å². The van der Waals surface area contributed by atoms with Gasteiger partial charge in [-0.1, -0.05) is 13.3 Å². The molecule has 0 saturated carbocycles. The Labute approximate surface area is 103 Å². The smallest absolute Gasteiger partial charge is 0.239 e. The van der Waals surface area contributed by atoms with Gasteiger partial charge in [-0.15, -0.1) is 0 Å². The summed E-state index contributed by atoms with van der Waals surface area (Å²) in [5.74, 6) is 0.273. The molecule has 3 N–H and O–H groups in total. The maximum Gasteiger partial charge on any atom is 0.239 e.